The number of aliphatic hydroxyl groups is 2. The summed E-state index contributed by atoms with van der Waals surface area (Å²) >= 11 is 0. The molecular weight excluding hydrogens is 288 g/mol. The molecule has 0 aliphatic carbocycles. The van der Waals surface area contributed by atoms with Crippen molar-refractivity contribution in [3.63, 3.8) is 0 Å². The van der Waals surface area contributed by atoms with E-state index in [4.69, 9.17) is 20.4 Å². The number of aliphatic carboxylic acids is 2. The number of unbranched alkanes of at least 4 members (excludes halogenated alkanes) is 2. The van der Waals surface area contributed by atoms with Crippen molar-refractivity contribution in [2.75, 3.05) is 6.61 Å². The maximum atomic E-state index is 10.0. The first-order chi connectivity index (χ1) is 10.5. The minimum Gasteiger partial charge on any atom is -0.502 e. The molecule has 0 aliphatic heterocycles. The molecule has 0 amide bonds. The molecule has 0 radical (unpaired) electrons. The number of carboxylic acid groups (broad SMARTS) is 2. The molecule has 0 saturated heterocycles. The van der Waals surface area contributed by atoms with Crippen LogP contribution in [0.1, 0.15) is 39.0 Å². The molecule has 22 heavy (non-hydrogen) atoms. The Hall–Kier alpha value is -2.30. The highest BCUT2D eigenvalue weighted by Gasteiger charge is 1.99. The van der Waals surface area contributed by atoms with Gasteiger partial charge < -0.3 is 20.4 Å². The van der Waals surface area contributed by atoms with Crippen molar-refractivity contribution in [2.24, 2.45) is 0 Å². The Balaban J connectivity index is 0. The van der Waals surface area contributed by atoms with Gasteiger partial charge in [0, 0.05) is 6.42 Å². The van der Waals surface area contributed by atoms with Crippen LogP contribution in [0.5, 0.6) is 0 Å². The summed E-state index contributed by atoms with van der Waals surface area (Å²) in [5, 5.41) is 33.3. The largest absolute Gasteiger partial charge is 0.502 e. The highest BCUT2D eigenvalue weighted by Crippen LogP contribution is 1.95. The SMILES string of the molecule is CCCC=CC=C(O)C(=O)O.O=C(O)CCCC=C=CCO. The summed E-state index contributed by atoms with van der Waals surface area (Å²) in [6.45, 7) is 2.00. The van der Waals surface area contributed by atoms with E-state index < -0.39 is 17.7 Å². The lowest BCUT2D eigenvalue weighted by Gasteiger charge is -1.87. The first-order valence-corrected chi connectivity index (χ1v) is 6.96. The zero-order valence-electron chi connectivity index (χ0n) is 12.7. The van der Waals surface area contributed by atoms with Gasteiger partial charge in [-0.15, -0.1) is 5.73 Å². The Morgan fingerprint density at radius 2 is 1.77 bits per heavy atom. The van der Waals surface area contributed by atoms with Crippen molar-refractivity contribution in [3.8, 4) is 0 Å². The maximum Gasteiger partial charge on any atom is 0.370 e. The van der Waals surface area contributed by atoms with Crippen molar-refractivity contribution in [1.29, 1.82) is 0 Å². The Bertz CT molecular complexity index is 428. The van der Waals surface area contributed by atoms with Gasteiger partial charge >= 0.3 is 11.9 Å². The Morgan fingerprint density at radius 3 is 2.27 bits per heavy atom. The molecule has 0 unspecified atom stereocenters. The lowest BCUT2D eigenvalue weighted by molar-refractivity contribution is -0.137. The van der Waals surface area contributed by atoms with Crippen molar-refractivity contribution in [1.82, 2.24) is 0 Å². The molecule has 0 fully saturated rings. The van der Waals surface area contributed by atoms with Crippen LogP contribution < -0.4 is 0 Å². The number of rotatable bonds is 9. The third-order valence-corrected chi connectivity index (χ3v) is 2.13. The van der Waals surface area contributed by atoms with Gasteiger partial charge in [-0.1, -0.05) is 25.5 Å². The summed E-state index contributed by atoms with van der Waals surface area (Å²) in [4.78, 5) is 20.0. The van der Waals surface area contributed by atoms with Crippen LogP contribution in [0.25, 0.3) is 0 Å². The number of aliphatic hydroxyl groups excluding tert-OH is 2. The highest BCUT2D eigenvalue weighted by atomic mass is 16.4. The van der Waals surface area contributed by atoms with Gasteiger partial charge in [-0.3, -0.25) is 4.79 Å². The van der Waals surface area contributed by atoms with E-state index in [0.717, 1.165) is 18.9 Å². The summed E-state index contributed by atoms with van der Waals surface area (Å²) in [7, 11) is 0. The highest BCUT2D eigenvalue weighted by molar-refractivity contribution is 5.83. The molecule has 0 rings (SSSR count). The molecule has 0 saturated carbocycles. The van der Waals surface area contributed by atoms with Crippen LogP contribution in [0.4, 0.5) is 0 Å². The predicted molar refractivity (Wildman–Crippen MR) is 83.6 cm³/mol. The van der Waals surface area contributed by atoms with E-state index in [9.17, 15) is 9.59 Å². The first-order valence-electron chi connectivity index (χ1n) is 6.96. The van der Waals surface area contributed by atoms with Crippen LogP contribution in [0.2, 0.25) is 0 Å². The topological polar surface area (TPSA) is 115 Å². The van der Waals surface area contributed by atoms with Crippen LogP contribution in [-0.4, -0.2) is 39.0 Å². The minimum atomic E-state index is -1.30. The van der Waals surface area contributed by atoms with Crippen molar-refractivity contribution < 1.29 is 30.0 Å². The quantitative estimate of drug-likeness (QED) is 0.171. The van der Waals surface area contributed by atoms with Crippen LogP contribution in [0.15, 0.2) is 41.9 Å². The number of carbonyl (C=O) groups is 2. The van der Waals surface area contributed by atoms with Crippen molar-refractivity contribution in [3.05, 3.63) is 41.9 Å². The standard InChI is InChI=1S/2C8H12O3/c1-2-3-4-5-6-7(9)8(10)11;9-7-5-3-1-2-4-6-8(10)11/h4-6,9H,2-3H2,1H3,(H,10,11);1,5,9H,2,4,6-7H2,(H,10,11). The molecular formula is C16H24O6. The zero-order chi connectivity index (χ0) is 17.2. The molecule has 6 nitrogen and oxygen atoms in total. The summed E-state index contributed by atoms with van der Waals surface area (Å²) < 4.78 is 0. The summed E-state index contributed by atoms with van der Waals surface area (Å²) in [5.74, 6) is -2.70. The van der Waals surface area contributed by atoms with Crippen LogP contribution in [0.3, 0.4) is 0 Å². The van der Waals surface area contributed by atoms with E-state index in [2.05, 4.69) is 5.73 Å². The average molecular weight is 312 g/mol. The van der Waals surface area contributed by atoms with E-state index in [0.29, 0.717) is 12.8 Å². The van der Waals surface area contributed by atoms with E-state index >= 15 is 0 Å². The van der Waals surface area contributed by atoms with Gasteiger partial charge in [-0.25, -0.2) is 4.79 Å². The molecule has 0 atom stereocenters. The van der Waals surface area contributed by atoms with Crippen LogP contribution in [-0.2, 0) is 9.59 Å². The van der Waals surface area contributed by atoms with Gasteiger partial charge in [0.1, 0.15) is 0 Å². The molecule has 0 aromatic carbocycles. The van der Waals surface area contributed by atoms with E-state index in [1.807, 2.05) is 6.92 Å². The average Bonchev–Trinajstić information content (AvgIpc) is 2.47. The molecule has 0 aromatic heterocycles. The molecule has 124 valence electrons. The van der Waals surface area contributed by atoms with Crippen molar-refractivity contribution in [2.45, 2.75) is 39.0 Å². The fourth-order valence-electron chi connectivity index (χ4n) is 1.07. The third kappa shape index (κ3) is 20.0. The Labute approximate surface area is 130 Å². The number of allylic oxidation sites excluding steroid dienone is 3. The van der Waals surface area contributed by atoms with E-state index in [-0.39, 0.29) is 13.0 Å². The molecule has 6 heteroatoms. The predicted octanol–water partition coefficient (Wildman–Crippen LogP) is 2.81. The van der Waals surface area contributed by atoms with E-state index in [1.54, 1.807) is 12.2 Å². The van der Waals surface area contributed by atoms with Crippen molar-refractivity contribution >= 4 is 11.9 Å². The van der Waals surface area contributed by atoms with Gasteiger partial charge in [0.25, 0.3) is 0 Å². The van der Waals surface area contributed by atoms with Gasteiger partial charge in [0.15, 0.2) is 0 Å². The molecule has 0 bridgehead atoms. The first kappa shape index (κ1) is 22.0. The zero-order valence-corrected chi connectivity index (χ0v) is 12.7. The molecule has 0 spiro atoms. The Morgan fingerprint density at radius 1 is 1.09 bits per heavy atom. The van der Waals surface area contributed by atoms with Gasteiger partial charge in [0.05, 0.1) is 6.61 Å². The fourth-order valence-corrected chi connectivity index (χ4v) is 1.07. The van der Waals surface area contributed by atoms with Gasteiger partial charge in [-0.05, 0) is 37.5 Å². The normalized spacial score (nSPS) is 10.4. The van der Waals surface area contributed by atoms with E-state index in [1.165, 1.54) is 12.2 Å². The molecule has 0 aliphatic rings. The second kappa shape index (κ2) is 16.8. The van der Waals surface area contributed by atoms with Gasteiger partial charge in [0.2, 0.25) is 5.76 Å². The van der Waals surface area contributed by atoms with Crippen LogP contribution in [0, 0.1) is 0 Å². The van der Waals surface area contributed by atoms with Crippen LogP contribution >= 0.6 is 0 Å². The number of hydrogen-bond donors (Lipinski definition) is 4. The summed E-state index contributed by atoms with van der Waals surface area (Å²) in [6.07, 6.45) is 11.1. The van der Waals surface area contributed by atoms with Gasteiger partial charge in [-0.2, -0.15) is 0 Å². The summed E-state index contributed by atoms with van der Waals surface area (Å²) in [5.41, 5.74) is 2.72. The summed E-state index contributed by atoms with van der Waals surface area (Å²) in [6, 6.07) is 0. The minimum absolute atomic E-state index is 0.0184. The second-order valence-electron chi connectivity index (χ2n) is 4.12. The molecule has 0 heterocycles. The smallest absolute Gasteiger partial charge is 0.370 e. The number of carboxylic acids is 2. The number of hydrogen-bond acceptors (Lipinski definition) is 4. The monoisotopic (exact) mass is 312 g/mol. The lowest BCUT2D eigenvalue weighted by Crippen LogP contribution is -1.97. The third-order valence-electron chi connectivity index (χ3n) is 2.13. The Kier molecular flexibility index (Phi) is 16.7. The molecule has 4 N–H and O–H groups in total. The maximum absolute atomic E-state index is 10.0. The molecule has 0 aromatic rings. The second-order valence-corrected chi connectivity index (χ2v) is 4.12. The fraction of sp³-hybridized carbons (Fsp3) is 0.438. The lowest BCUT2D eigenvalue weighted by atomic mass is 10.2.